The van der Waals surface area contributed by atoms with Gasteiger partial charge < -0.3 is 5.32 Å². The minimum Gasteiger partial charge on any atom is -0.349 e. The lowest BCUT2D eigenvalue weighted by atomic mass is 9.86. The van der Waals surface area contributed by atoms with E-state index in [9.17, 15) is 13.2 Å². The van der Waals surface area contributed by atoms with Crippen LogP contribution in [-0.4, -0.2) is 35.1 Å². The number of amides is 1. The van der Waals surface area contributed by atoms with E-state index in [1.807, 2.05) is 18.2 Å². The fourth-order valence-electron chi connectivity index (χ4n) is 3.86. The summed E-state index contributed by atoms with van der Waals surface area (Å²) >= 11 is 7.79. The van der Waals surface area contributed by atoms with Crippen molar-refractivity contribution in [3.8, 4) is 0 Å². The highest BCUT2D eigenvalue weighted by Gasteiger charge is 2.33. The molecule has 2 aromatic heterocycles. The van der Waals surface area contributed by atoms with Gasteiger partial charge in [-0.2, -0.15) is 0 Å². The highest BCUT2D eigenvalue weighted by atomic mass is 35.5. The second kappa shape index (κ2) is 8.72. The predicted molar refractivity (Wildman–Crippen MR) is 128 cm³/mol. The van der Waals surface area contributed by atoms with Crippen LogP contribution < -0.4 is 5.32 Å². The van der Waals surface area contributed by atoms with Crippen LogP contribution in [-0.2, 0) is 9.84 Å². The van der Waals surface area contributed by atoms with Crippen LogP contribution in [0.4, 0.5) is 0 Å². The Labute approximate surface area is 197 Å². The summed E-state index contributed by atoms with van der Waals surface area (Å²) in [6, 6.07) is 8.76. The third-order valence-electron chi connectivity index (χ3n) is 5.86. The minimum absolute atomic E-state index is 0.0541. The molecule has 0 aliphatic heterocycles. The molecule has 2 heterocycles. The van der Waals surface area contributed by atoms with E-state index in [2.05, 4.69) is 10.3 Å². The van der Waals surface area contributed by atoms with Gasteiger partial charge in [0.1, 0.15) is 0 Å². The molecule has 1 aromatic carbocycles. The van der Waals surface area contributed by atoms with Gasteiger partial charge in [-0.25, -0.2) is 18.4 Å². The topological polar surface area (TPSA) is 89.0 Å². The Bertz CT molecular complexity index is 1260. The van der Waals surface area contributed by atoms with Gasteiger partial charge in [0.2, 0.25) is 0 Å². The van der Waals surface area contributed by atoms with Crippen molar-refractivity contribution in [3.63, 3.8) is 0 Å². The van der Waals surface area contributed by atoms with Crippen molar-refractivity contribution in [2.24, 2.45) is 0 Å². The molecule has 170 valence electrons. The van der Waals surface area contributed by atoms with Crippen LogP contribution in [0.2, 0.25) is 5.02 Å². The first kappa shape index (κ1) is 23.1. The van der Waals surface area contributed by atoms with Crippen LogP contribution in [0.25, 0.3) is 10.2 Å². The molecule has 4 rings (SSSR count). The van der Waals surface area contributed by atoms with E-state index in [-0.39, 0.29) is 17.0 Å². The average molecular weight is 492 g/mol. The summed E-state index contributed by atoms with van der Waals surface area (Å²) in [5.41, 5.74) is 1.25. The maximum Gasteiger partial charge on any atom is 0.251 e. The molecule has 1 saturated carbocycles. The zero-order valence-electron chi connectivity index (χ0n) is 18.3. The van der Waals surface area contributed by atoms with Gasteiger partial charge in [0, 0.05) is 28.7 Å². The molecule has 1 aliphatic rings. The van der Waals surface area contributed by atoms with Gasteiger partial charge in [0.25, 0.3) is 5.91 Å². The summed E-state index contributed by atoms with van der Waals surface area (Å²) in [6.07, 6.45) is 4.97. The molecule has 3 aromatic rings. The Hall–Kier alpha value is -2.03. The third kappa shape index (κ3) is 4.67. The number of carbonyl (C=O) groups is 1. The minimum atomic E-state index is -3.62. The summed E-state index contributed by atoms with van der Waals surface area (Å²) in [5.74, 6) is 0.111. The molecule has 0 radical (unpaired) electrons. The molecule has 0 saturated heterocycles. The third-order valence-corrected chi connectivity index (χ3v) is 9.68. The molecule has 32 heavy (non-hydrogen) atoms. The normalized spacial score (nSPS) is 19.8. The molecule has 1 N–H and O–H groups in total. The second-order valence-electron chi connectivity index (χ2n) is 9.18. The van der Waals surface area contributed by atoms with Crippen molar-refractivity contribution in [2.45, 2.75) is 68.2 Å². The molecule has 1 fully saturated rings. The number of thiazole rings is 1. The number of hydrogen-bond acceptors (Lipinski definition) is 6. The number of nitrogens with zero attached hydrogens (tertiary/aromatic N) is 2. The van der Waals surface area contributed by atoms with Crippen LogP contribution in [0.1, 0.15) is 67.7 Å². The average Bonchev–Trinajstić information content (AvgIpc) is 3.16. The molecule has 6 nitrogen and oxygen atoms in total. The van der Waals surface area contributed by atoms with E-state index in [0.717, 1.165) is 40.9 Å². The van der Waals surface area contributed by atoms with Crippen molar-refractivity contribution in [1.82, 2.24) is 15.3 Å². The molecule has 0 atom stereocenters. The maximum atomic E-state index is 12.8. The standard InChI is InChI=1S/C23H26ClN3O3S2/c1-23(2,3)32(29,30)20-12-15(10-11-25-20)21(28)26-17-7-4-14(5-8-17)22-27-18-13-16(24)6-9-19(18)31-22/h6,9-14,17H,4-5,7-8H2,1-3H3,(H,26,28). The van der Waals surface area contributed by atoms with Gasteiger partial charge in [0.15, 0.2) is 14.9 Å². The number of aromatic nitrogens is 2. The highest BCUT2D eigenvalue weighted by molar-refractivity contribution is 7.92. The zero-order chi connectivity index (χ0) is 23.1. The number of hydrogen-bond donors (Lipinski definition) is 1. The fraction of sp³-hybridized carbons (Fsp3) is 0.435. The molecular weight excluding hydrogens is 466 g/mol. The number of fused-ring (bicyclic) bond motifs is 1. The number of halogens is 1. The quantitative estimate of drug-likeness (QED) is 0.529. The lowest BCUT2D eigenvalue weighted by Gasteiger charge is -2.28. The smallest absolute Gasteiger partial charge is 0.251 e. The van der Waals surface area contributed by atoms with Crippen molar-refractivity contribution < 1.29 is 13.2 Å². The van der Waals surface area contributed by atoms with Crippen LogP contribution in [0.15, 0.2) is 41.6 Å². The van der Waals surface area contributed by atoms with Crippen molar-refractivity contribution in [2.75, 3.05) is 0 Å². The van der Waals surface area contributed by atoms with Crippen LogP contribution in [0.5, 0.6) is 0 Å². The van der Waals surface area contributed by atoms with Gasteiger partial charge in [0.05, 0.1) is 20.0 Å². The fourth-order valence-corrected chi connectivity index (χ4v) is 6.25. The molecule has 1 aliphatic carbocycles. The Kier molecular flexibility index (Phi) is 6.31. The number of carbonyl (C=O) groups excluding carboxylic acids is 1. The first-order valence-corrected chi connectivity index (χ1v) is 13.3. The van der Waals surface area contributed by atoms with E-state index in [0.29, 0.717) is 16.5 Å². The van der Waals surface area contributed by atoms with Gasteiger partial charge in [-0.15, -0.1) is 11.3 Å². The maximum absolute atomic E-state index is 12.8. The first-order chi connectivity index (χ1) is 15.0. The Morgan fingerprint density at radius 3 is 2.53 bits per heavy atom. The monoisotopic (exact) mass is 491 g/mol. The Morgan fingerprint density at radius 2 is 1.84 bits per heavy atom. The predicted octanol–water partition coefficient (Wildman–Crippen LogP) is 5.37. The van der Waals surface area contributed by atoms with Crippen molar-refractivity contribution >= 4 is 48.9 Å². The van der Waals surface area contributed by atoms with Crippen LogP contribution >= 0.6 is 22.9 Å². The SMILES string of the molecule is CC(C)(C)S(=O)(=O)c1cc(C(=O)NC2CCC(c3nc4cc(Cl)ccc4s3)CC2)ccn1. The molecular formula is C23H26ClN3O3S2. The Morgan fingerprint density at radius 1 is 1.12 bits per heavy atom. The van der Waals surface area contributed by atoms with E-state index in [4.69, 9.17) is 16.6 Å². The highest BCUT2D eigenvalue weighted by Crippen LogP contribution is 2.37. The number of rotatable bonds is 4. The number of benzene rings is 1. The van der Waals surface area contributed by atoms with Gasteiger partial charge in [-0.05, 0) is 76.8 Å². The summed E-state index contributed by atoms with van der Waals surface area (Å²) in [5, 5.41) is 4.80. The lowest BCUT2D eigenvalue weighted by Crippen LogP contribution is -2.37. The van der Waals surface area contributed by atoms with E-state index in [1.54, 1.807) is 38.2 Å². The zero-order valence-corrected chi connectivity index (χ0v) is 20.6. The second-order valence-corrected chi connectivity index (χ2v) is 13.3. The number of pyridine rings is 1. The molecule has 0 spiro atoms. The first-order valence-electron chi connectivity index (χ1n) is 10.6. The van der Waals surface area contributed by atoms with Crippen LogP contribution in [0.3, 0.4) is 0 Å². The summed E-state index contributed by atoms with van der Waals surface area (Å²) < 4.78 is 25.5. The van der Waals surface area contributed by atoms with Crippen molar-refractivity contribution in [1.29, 1.82) is 0 Å². The van der Waals surface area contributed by atoms with Gasteiger partial charge in [-0.1, -0.05) is 11.6 Å². The van der Waals surface area contributed by atoms with Gasteiger partial charge >= 0.3 is 0 Å². The number of nitrogens with one attached hydrogen (secondary N) is 1. The summed E-state index contributed by atoms with van der Waals surface area (Å²) in [4.78, 5) is 21.5. The summed E-state index contributed by atoms with van der Waals surface area (Å²) in [7, 11) is -3.62. The van der Waals surface area contributed by atoms with Crippen LogP contribution in [0, 0.1) is 0 Å². The van der Waals surface area contributed by atoms with E-state index in [1.165, 1.54) is 12.3 Å². The Balaban J connectivity index is 1.40. The molecule has 9 heteroatoms. The van der Waals surface area contributed by atoms with E-state index < -0.39 is 14.6 Å². The summed E-state index contributed by atoms with van der Waals surface area (Å²) in [6.45, 7) is 4.86. The number of sulfone groups is 1. The molecule has 0 unspecified atom stereocenters. The molecule has 0 bridgehead atoms. The van der Waals surface area contributed by atoms with Crippen molar-refractivity contribution in [3.05, 3.63) is 52.1 Å². The molecule has 1 amide bonds. The largest absolute Gasteiger partial charge is 0.349 e. The van der Waals surface area contributed by atoms with Gasteiger partial charge in [-0.3, -0.25) is 4.79 Å². The van der Waals surface area contributed by atoms with E-state index >= 15 is 0 Å². The lowest BCUT2D eigenvalue weighted by molar-refractivity contribution is 0.0925.